The third kappa shape index (κ3) is 4.02. The lowest BCUT2D eigenvalue weighted by atomic mass is 10.1. The van der Waals surface area contributed by atoms with Gasteiger partial charge in [-0.25, -0.2) is 9.78 Å². The zero-order chi connectivity index (χ0) is 13.7. The second-order valence-electron chi connectivity index (χ2n) is 4.65. The van der Waals surface area contributed by atoms with Crippen molar-refractivity contribution in [1.29, 1.82) is 0 Å². The quantitative estimate of drug-likeness (QED) is 0.520. The third-order valence-electron chi connectivity index (χ3n) is 3.11. The first kappa shape index (κ1) is 14.0. The number of amides is 2. The van der Waals surface area contributed by atoms with Gasteiger partial charge in [-0.2, -0.15) is 0 Å². The Morgan fingerprint density at radius 2 is 2.42 bits per heavy atom. The van der Waals surface area contributed by atoms with Gasteiger partial charge in [-0.15, -0.1) is 0 Å². The van der Waals surface area contributed by atoms with Crippen LogP contribution in [0, 0.1) is 0 Å². The van der Waals surface area contributed by atoms with Gasteiger partial charge in [0, 0.05) is 44.8 Å². The van der Waals surface area contributed by atoms with E-state index in [0.29, 0.717) is 6.54 Å². The molecule has 0 saturated carbocycles. The average Bonchev–Trinajstić information content (AvgIpc) is 2.81. The predicted octanol–water partition coefficient (Wildman–Crippen LogP) is 1.87. The fraction of sp³-hybridized carbons (Fsp3) is 0.538. The van der Waals surface area contributed by atoms with Crippen LogP contribution in [0.5, 0.6) is 0 Å². The molecular weight excluding hydrogens is 260 g/mol. The summed E-state index contributed by atoms with van der Waals surface area (Å²) >= 11 is 1.65. The summed E-state index contributed by atoms with van der Waals surface area (Å²) in [5, 5.41) is 3.93. The maximum Gasteiger partial charge on any atom is 0.317 e. The van der Waals surface area contributed by atoms with Crippen molar-refractivity contribution in [3.8, 4) is 0 Å². The molecule has 0 bridgehead atoms. The SMILES string of the molecule is CC1=CCN(C(=O)NCCSc2nccn2C)CC1. The first-order chi connectivity index (χ1) is 9.16. The van der Waals surface area contributed by atoms with E-state index in [2.05, 4.69) is 23.3 Å². The topological polar surface area (TPSA) is 50.2 Å². The molecule has 0 atom stereocenters. The van der Waals surface area contributed by atoms with E-state index in [9.17, 15) is 4.79 Å². The first-order valence-corrected chi connectivity index (χ1v) is 7.44. The van der Waals surface area contributed by atoms with Crippen molar-refractivity contribution >= 4 is 17.8 Å². The minimum absolute atomic E-state index is 0.0317. The van der Waals surface area contributed by atoms with E-state index in [0.717, 1.165) is 30.4 Å². The fourth-order valence-electron chi connectivity index (χ4n) is 1.86. The second kappa shape index (κ2) is 6.65. The van der Waals surface area contributed by atoms with Gasteiger partial charge in [0.2, 0.25) is 0 Å². The highest BCUT2D eigenvalue weighted by Crippen LogP contribution is 2.13. The van der Waals surface area contributed by atoms with E-state index in [1.54, 1.807) is 18.0 Å². The van der Waals surface area contributed by atoms with Crippen LogP contribution in [0.15, 0.2) is 29.2 Å². The van der Waals surface area contributed by atoms with Crippen molar-refractivity contribution < 1.29 is 4.79 Å². The number of rotatable bonds is 4. The van der Waals surface area contributed by atoms with E-state index >= 15 is 0 Å². The third-order valence-corrected chi connectivity index (χ3v) is 4.17. The van der Waals surface area contributed by atoms with Crippen LogP contribution in [-0.4, -0.2) is 45.9 Å². The van der Waals surface area contributed by atoms with Crippen molar-refractivity contribution in [2.45, 2.75) is 18.5 Å². The number of hydrogen-bond acceptors (Lipinski definition) is 3. The van der Waals surface area contributed by atoms with Crippen LogP contribution in [0.1, 0.15) is 13.3 Å². The van der Waals surface area contributed by atoms with E-state index in [1.165, 1.54) is 5.57 Å². The number of urea groups is 1. The van der Waals surface area contributed by atoms with E-state index in [4.69, 9.17) is 0 Å². The lowest BCUT2D eigenvalue weighted by Crippen LogP contribution is -2.42. The normalized spacial score (nSPS) is 15.3. The molecule has 5 nitrogen and oxygen atoms in total. The van der Waals surface area contributed by atoms with Crippen molar-refractivity contribution in [2.75, 3.05) is 25.4 Å². The number of nitrogens with zero attached hydrogens (tertiary/aromatic N) is 3. The molecule has 1 N–H and O–H groups in total. The number of thioether (sulfide) groups is 1. The Bertz CT molecular complexity index is 469. The summed E-state index contributed by atoms with van der Waals surface area (Å²) in [6.07, 6.45) is 6.80. The standard InChI is InChI=1S/C13H20N4OS/c1-11-3-7-17(8-4-11)12(18)14-6-10-19-13-15-5-9-16(13)2/h3,5,9H,4,6-8,10H2,1-2H3,(H,14,18). The van der Waals surface area contributed by atoms with Gasteiger partial charge in [-0.1, -0.05) is 23.4 Å². The Hall–Kier alpha value is -1.43. The van der Waals surface area contributed by atoms with Crippen molar-refractivity contribution in [3.63, 3.8) is 0 Å². The number of nitrogens with one attached hydrogen (secondary N) is 1. The summed E-state index contributed by atoms with van der Waals surface area (Å²) < 4.78 is 1.98. The Labute approximate surface area is 118 Å². The first-order valence-electron chi connectivity index (χ1n) is 6.45. The summed E-state index contributed by atoms with van der Waals surface area (Å²) in [5.41, 5.74) is 1.37. The molecule has 1 aliphatic heterocycles. The molecule has 0 unspecified atom stereocenters. The van der Waals surface area contributed by atoms with Crippen LogP contribution in [-0.2, 0) is 7.05 Å². The Morgan fingerprint density at radius 3 is 3.05 bits per heavy atom. The minimum Gasteiger partial charge on any atom is -0.337 e. The predicted molar refractivity (Wildman–Crippen MR) is 77.3 cm³/mol. The van der Waals surface area contributed by atoms with Gasteiger partial charge >= 0.3 is 6.03 Å². The van der Waals surface area contributed by atoms with Crippen molar-refractivity contribution in [2.24, 2.45) is 7.05 Å². The van der Waals surface area contributed by atoms with Crippen molar-refractivity contribution in [1.82, 2.24) is 19.8 Å². The molecule has 6 heteroatoms. The molecule has 0 spiro atoms. The monoisotopic (exact) mass is 280 g/mol. The molecule has 0 fully saturated rings. The van der Waals surface area contributed by atoms with E-state index in [1.807, 2.05) is 22.7 Å². The van der Waals surface area contributed by atoms with Gasteiger partial charge in [0.15, 0.2) is 5.16 Å². The van der Waals surface area contributed by atoms with Gasteiger partial charge in [0.25, 0.3) is 0 Å². The van der Waals surface area contributed by atoms with Crippen LogP contribution < -0.4 is 5.32 Å². The van der Waals surface area contributed by atoms with Gasteiger partial charge in [0.1, 0.15) is 0 Å². The van der Waals surface area contributed by atoms with Crippen molar-refractivity contribution in [3.05, 3.63) is 24.0 Å². The Balaban J connectivity index is 1.66. The number of aryl methyl sites for hydroxylation is 1. The summed E-state index contributed by atoms with van der Waals surface area (Å²) in [7, 11) is 1.97. The van der Waals surface area contributed by atoms with Gasteiger partial charge in [0.05, 0.1) is 0 Å². The van der Waals surface area contributed by atoms with Crippen LogP contribution in [0.3, 0.4) is 0 Å². The summed E-state index contributed by atoms with van der Waals surface area (Å²) in [6, 6.07) is 0.0317. The zero-order valence-electron chi connectivity index (χ0n) is 11.4. The molecule has 0 aromatic carbocycles. The number of imidazole rings is 1. The average molecular weight is 280 g/mol. The molecular formula is C13H20N4OS. The van der Waals surface area contributed by atoms with E-state index < -0.39 is 0 Å². The number of aromatic nitrogens is 2. The Morgan fingerprint density at radius 1 is 1.58 bits per heavy atom. The van der Waals surface area contributed by atoms with Gasteiger partial charge in [-0.05, 0) is 13.3 Å². The molecule has 104 valence electrons. The number of carbonyl (C=O) groups is 1. The second-order valence-corrected chi connectivity index (χ2v) is 5.71. The van der Waals surface area contributed by atoms with Crippen LogP contribution in [0.25, 0.3) is 0 Å². The van der Waals surface area contributed by atoms with Crippen LogP contribution in [0.4, 0.5) is 4.79 Å². The summed E-state index contributed by atoms with van der Waals surface area (Å²) in [5.74, 6) is 0.833. The molecule has 0 saturated heterocycles. The van der Waals surface area contributed by atoms with Gasteiger partial charge < -0.3 is 14.8 Å². The highest BCUT2D eigenvalue weighted by molar-refractivity contribution is 7.99. The fourth-order valence-corrected chi connectivity index (χ4v) is 2.64. The lowest BCUT2D eigenvalue weighted by molar-refractivity contribution is 0.202. The zero-order valence-corrected chi connectivity index (χ0v) is 12.2. The molecule has 0 radical (unpaired) electrons. The minimum atomic E-state index is 0.0317. The highest BCUT2D eigenvalue weighted by atomic mass is 32.2. The molecule has 1 aromatic rings. The largest absolute Gasteiger partial charge is 0.337 e. The van der Waals surface area contributed by atoms with Crippen LogP contribution >= 0.6 is 11.8 Å². The molecule has 19 heavy (non-hydrogen) atoms. The summed E-state index contributed by atoms with van der Waals surface area (Å²) in [6.45, 7) is 4.32. The maximum absolute atomic E-state index is 11.9. The summed E-state index contributed by atoms with van der Waals surface area (Å²) in [4.78, 5) is 18.0. The molecule has 0 aliphatic carbocycles. The lowest BCUT2D eigenvalue weighted by Gasteiger charge is -2.25. The van der Waals surface area contributed by atoms with Crippen LogP contribution in [0.2, 0.25) is 0 Å². The molecule has 1 aromatic heterocycles. The number of carbonyl (C=O) groups excluding carboxylic acids is 1. The Kier molecular flexibility index (Phi) is 4.90. The molecule has 2 heterocycles. The molecule has 2 rings (SSSR count). The maximum atomic E-state index is 11.9. The molecule has 2 amide bonds. The molecule has 1 aliphatic rings. The van der Waals surface area contributed by atoms with Gasteiger partial charge in [-0.3, -0.25) is 0 Å². The smallest absolute Gasteiger partial charge is 0.317 e. The highest BCUT2D eigenvalue weighted by Gasteiger charge is 2.14. The number of hydrogen-bond donors (Lipinski definition) is 1. The van der Waals surface area contributed by atoms with E-state index in [-0.39, 0.29) is 6.03 Å².